The lowest BCUT2D eigenvalue weighted by Gasteiger charge is -2.25. The van der Waals surface area contributed by atoms with Crippen molar-refractivity contribution in [3.8, 4) is 0 Å². The quantitative estimate of drug-likeness (QED) is 0.519. The fraction of sp³-hybridized carbons (Fsp3) is 0.938. The van der Waals surface area contributed by atoms with Gasteiger partial charge in [0.2, 0.25) is 0 Å². The van der Waals surface area contributed by atoms with Crippen LogP contribution < -0.4 is 5.32 Å². The van der Waals surface area contributed by atoms with Gasteiger partial charge in [0.1, 0.15) is 0 Å². The van der Waals surface area contributed by atoms with Crippen LogP contribution in [0.5, 0.6) is 0 Å². The SMILES string of the molecule is CCCCN(C)C(=NC)NCCN(CC1CC1)C1CC1. The highest BCUT2D eigenvalue weighted by atomic mass is 15.3. The number of hydrogen-bond acceptors (Lipinski definition) is 2. The molecule has 1 N–H and O–H groups in total. The molecular weight excluding hydrogens is 248 g/mol. The molecule has 2 saturated carbocycles. The van der Waals surface area contributed by atoms with Crippen molar-refractivity contribution < 1.29 is 0 Å². The zero-order chi connectivity index (χ0) is 14.4. The third-order valence-electron chi connectivity index (χ3n) is 4.36. The summed E-state index contributed by atoms with van der Waals surface area (Å²) in [5, 5.41) is 3.52. The van der Waals surface area contributed by atoms with Crippen LogP contribution in [0.4, 0.5) is 0 Å². The van der Waals surface area contributed by atoms with Crippen LogP contribution in [-0.2, 0) is 0 Å². The normalized spacial score (nSPS) is 19.5. The lowest BCUT2D eigenvalue weighted by molar-refractivity contribution is 0.255. The molecule has 0 spiro atoms. The third-order valence-corrected chi connectivity index (χ3v) is 4.36. The first-order valence-corrected chi connectivity index (χ1v) is 8.40. The summed E-state index contributed by atoms with van der Waals surface area (Å²) >= 11 is 0. The standard InChI is InChI=1S/C16H32N4/c1-4-5-11-19(3)16(17-2)18-10-12-20(15-8-9-15)13-14-6-7-14/h14-15H,4-13H2,1-3H3,(H,17,18). The van der Waals surface area contributed by atoms with Gasteiger partial charge in [0.15, 0.2) is 5.96 Å². The van der Waals surface area contributed by atoms with E-state index in [2.05, 4.69) is 34.1 Å². The monoisotopic (exact) mass is 280 g/mol. The van der Waals surface area contributed by atoms with Crippen LogP contribution in [0.3, 0.4) is 0 Å². The number of rotatable bonds is 9. The topological polar surface area (TPSA) is 30.9 Å². The lowest BCUT2D eigenvalue weighted by atomic mass is 10.3. The van der Waals surface area contributed by atoms with Crippen molar-refractivity contribution in [2.24, 2.45) is 10.9 Å². The molecular formula is C16H32N4. The molecule has 0 radical (unpaired) electrons. The Morgan fingerprint density at radius 3 is 2.50 bits per heavy atom. The van der Waals surface area contributed by atoms with Gasteiger partial charge in [-0.3, -0.25) is 9.89 Å². The summed E-state index contributed by atoms with van der Waals surface area (Å²) < 4.78 is 0. The summed E-state index contributed by atoms with van der Waals surface area (Å²) in [5.74, 6) is 2.04. The molecule has 0 aromatic carbocycles. The molecule has 20 heavy (non-hydrogen) atoms. The molecule has 2 aliphatic carbocycles. The molecule has 2 aliphatic rings. The van der Waals surface area contributed by atoms with Crippen LogP contribution >= 0.6 is 0 Å². The fourth-order valence-electron chi connectivity index (χ4n) is 2.69. The molecule has 0 aliphatic heterocycles. The van der Waals surface area contributed by atoms with Crippen LogP contribution in [0.25, 0.3) is 0 Å². The highest BCUT2D eigenvalue weighted by Gasteiger charge is 2.33. The Bertz CT molecular complexity index is 308. The van der Waals surface area contributed by atoms with Gasteiger partial charge >= 0.3 is 0 Å². The molecule has 4 nitrogen and oxygen atoms in total. The maximum atomic E-state index is 4.38. The predicted octanol–water partition coefficient (Wildman–Crippen LogP) is 2.17. The van der Waals surface area contributed by atoms with E-state index in [0.717, 1.165) is 31.0 Å². The van der Waals surface area contributed by atoms with Gasteiger partial charge in [0.25, 0.3) is 0 Å². The second-order valence-corrected chi connectivity index (χ2v) is 6.42. The Kier molecular flexibility index (Phi) is 6.14. The summed E-state index contributed by atoms with van der Waals surface area (Å²) in [5.41, 5.74) is 0. The van der Waals surface area contributed by atoms with Crippen molar-refractivity contribution in [1.29, 1.82) is 0 Å². The van der Waals surface area contributed by atoms with Crippen molar-refractivity contribution in [3.05, 3.63) is 0 Å². The fourth-order valence-corrected chi connectivity index (χ4v) is 2.69. The van der Waals surface area contributed by atoms with E-state index in [1.165, 1.54) is 51.6 Å². The number of guanidine groups is 1. The summed E-state index contributed by atoms with van der Waals surface area (Å²) in [6, 6.07) is 0.886. The van der Waals surface area contributed by atoms with Crippen molar-refractivity contribution in [1.82, 2.24) is 15.1 Å². The first-order valence-electron chi connectivity index (χ1n) is 8.40. The molecule has 0 amide bonds. The molecule has 2 fully saturated rings. The molecule has 2 rings (SSSR count). The number of unbranched alkanes of at least 4 members (excludes halogenated alkanes) is 1. The zero-order valence-corrected chi connectivity index (χ0v) is 13.6. The van der Waals surface area contributed by atoms with Crippen molar-refractivity contribution in [3.63, 3.8) is 0 Å². The van der Waals surface area contributed by atoms with E-state index < -0.39 is 0 Å². The van der Waals surface area contributed by atoms with Crippen LogP contribution in [-0.4, -0.2) is 62.1 Å². The van der Waals surface area contributed by atoms with Gasteiger partial charge < -0.3 is 10.2 Å². The van der Waals surface area contributed by atoms with Crippen LogP contribution in [0.1, 0.15) is 45.4 Å². The highest BCUT2D eigenvalue weighted by Crippen LogP contribution is 2.34. The third kappa shape index (κ3) is 5.31. The predicted molar refractivity (Wildman–Crippen MR) is 86.2 cm³/mol. The zero-order valence-electron chi connectivity index (χ0n) is 13.6. The van der Waals surface area contributed by atoms with Gasteiger partial charge in [-0.2, -0.15) is 0 Å². The van der Waals surface area contributed by atoms with Crippen LogP contribution in [0.2, 0.25) is 0 Å². The largest absolute Gasteiger partial charge is 0.355 e. The number of aliphatic imine (C=N–C) groups is 1. The lowest BCUT2D eigenvalue weighted by Crippen LogP contribution is -2.43. The van der Waals surface area contributed by atoms with Crippen molar-refractivity contribution in [2.75, 3.05) is 40.3 Å². The van der Waals surface area contributed by atoms with E-state index in [0.29, 0.717) is 0 Å². The van der Waals surface area contributed by atoms with Gasteiger partial charge in [-0.1, -0.05) is 13.3 Å². The van der Waals surface area contributed by atoms with Gasteiger partial charge in [-0.25, -0.2) is 0 Å². The minimum Gasteiger partial charge on any atom is -0.355 e. The van der Waals surface area contributed by atoms with Gasteiger partial charge in [-0.05, 0) is 38.0 Å². The van der Waals surface area contributed by atoms with E-state index >= 15 is 0 Å². The average molecular weight is 280 g/mol. The second kappa shape index (κ2) is 7.87. The minimum absolute atomic E-state index is 0.886. The minimum atomic E-state index is 0.886. The Hall–Kier alpha value is -0.770. The average Bonchev–Trinajstić information content (AvgIpc) is 3.31. The Balaban J connectivity index is 1.66. The Morgan fingerprint density at radius 1 is 1.20 bits per heavy atom. The number of nitrogens with one attached hydrogen (secondary N) is 1. The summed E-state index contributed by atoms with van der Waals surface area (Å²) in [6.45, 7) is 6.84. The second-order valence-electron chi connectivity index (χ2n) is 6.42. The molecule has 0 saturated heterocycles. The van der Waals surface area contributed by atoms with Gasteiger partial charge in [-0.15, -0.1) is 0 Å². The van der Waals surface area contributed by atoms with E-state index in [-0.39, 0.29) is 0 Å². The summed E-state index contributed by atoms with van der Waals surface area (Å²) in [4.78, 5) is 9.32. The number of hydrogen-bond donors (Lipinski definition) is 1. The highest BCUT2D eigenvalue weighted by molar-refractivity contribution is 5.79. The first kappa shape index (κ1) is 15.6. The molecule has 4 heteroatoms. The molecule has 0 unspecified atom stereocenters. The Labute approximate surface area is 124 Å². The van der Waals surface area contributed by atoms with Crippen LogP contribution in [0, 0.1) is 5.92 Å². The smallest absolute Gasteiger partial charge is 0.193 e. The van der Waals surface area contributed by atoms with Gasteiger partial charge in [0, 0.05) is 46.3 Å². The van der Waals surface area contributed by atoms with Crippen LogP contribution in [0.15, 0.2) is 4.99 Å². The van der Waals surface area contributed by atoms with E-state index in [9.17, 15) is 0 Å². The maximum absolute atomic E-state index is 4.38. The van der Waals surface area contributed by atoms with Crippen molar-refractivity contribution >= 4 is 5.96 Å². The maximum Gasteiger partial charge on any atom is 0.193 e. The number of nitrogens with zero attached hydrogens (tertiary/aromatic N) is 3. The molecule has 0 aromatic rings. The molecule has 0 heterocycles. The van der Waals surface area contributed by atoms with E-state index in [1.807, 2.05) is 7.05 Å². The first-order chi connectivity index (χ1) is 9.74. The summed E-state index contributed by atoms with van der Waals surface area (Å²) in [6.07, 6.45) is 8.21. The molecule has 0 aromatic heterocycles. The van der Waals surface area contributed by atoms with E-state index in [1.54, 1.807) is 0 Å². The molecule has 0 atom stereocenters. The van der Waals surface area contributed by atoms with E-state index in [4.69, 9.17) is 0 Å². The van der Waals surface area contributed by atoms with Crippen molar-refractivity contribution in [2.45, 2.75) is 51.5 Å². The molecule has 116 valence electrons. The summed E-state index contributed by atoms with van der Waals surface area (Å²) in [7, 11) is 4.02. The van der Waals surface area contributed by atoms with Gasteiger partial charge in [0.05, 0.1) is 0 Å². The Morgan fingerprint density at radius 2 is 1.95 bits per heavy atom. The molecule has 0 bridgehead atoms.